The summed E-state index contributed by atoms with van der Waals surface area (Å²) < 4.78 is 1.31. The Hall–Kier alpha value is -1.65. The summed E-state index contributed by atoms with van der Waals surface area (Å²) in [5, 5.41) is 7.68. The molecule has 84 valence electrons. The summed E-state index contributed by atoms with van der Waals surface area (Å²) in [5.41, 5.74) is 1.18. The van der Waals surface area contributed by atoms with Crippen molar-refractivity contribution in [1.29, 1.82) is 0 Å². The number of aromatic nitrogens is 4. The molecule has 2 rings (SSSR count). The molecule has 1 N–H and O–H groups in total. The number of aromatic amines is 1. The Labute approximate surface area is 89.1 Å². The number of H-pyrrole nitrogens is 1. The van der Waals surface area contributed by atoms with E-state index in [9.17, 15) is 4.79 Å². The summed E-state index contributed by atoms with van der Waals surface area (Å²) >= 11 is 0. The van der Waals surface area contributed by atoms with E-state index in [0.717, 1.165) is 5.56 Å². The minimum Gasteiger partial charge on any atom is -0.310 e. The van der Waals surface area contributed by atoms with Crippen molar-refractivity contribution >= 4 is 5.52 Å². The fraction of sp³-hybridized carbons (Fsp3) is 0.500. The van der Waals surface area contributed by atoms with Crippen LogP contribution in [0.2, 0.25) is 0 Å². The van der Waals surface area contributed by atoms with Gasteiger partial charge in [0.1, 0.15) is 6.33 Å². The van der Waals surface area contributed by atoms with Crippen LogP contribution in [0.4, 0.5) is 0 Å². The molecule has 0 aliphatic rings. The van der Waals surface area contributed by atoms with Gasteiger partial charge in [-0.25, -0.2) is 0 Å². The van der Waals surface area contributed by atoms with E-state index in [0.29, 0.717) is 5.52 Å². The third kappa shape index (κ3) is 2.90. The second kappa shape index (κ2) is 6.75. The van der Waals surface area contributed by atoms with Crippen molar-refractivity contribution < 1.29 is 0 Å². The maximum Gasteiger partial charge on any atom is 0.277 e. The third-order valence-corrected chi connectivity index (χ3v) is 1.51. The largest absolute Gasteiger partial charge is 0.310 e. The molecule has 0 aliphatic carbocycles. The number of hydrogen-bond donors (Lipinski definition) is 1. The zero-order chi connectivity index (χ0) is 11.8. The summed E-state index contributed by atoms with van der Waals surface area (Å²) in [6, 6.07) is 0. The van der Waals surface area contributed by atoms with Gasteiger partial charge in [0.15, 0.2) is 5.52 Å². The van der Waals surface area contributed by atoms with Gasteiger partial charge in [-0.3, -0.25) is 4.79 Å². The monoisotopic (exact) mass is 210 g/mol. The Balaban J connectivity index is 0.000000442. The van der Waals surface area contributed by atoms with Crippen molar-refractivity contribution in [2.24, 2.45) is 0 Å². The molecule has 0 saturated carbocycles. The highest BCUT2D eigenvalue weighted by molar-refractivity contribution is 5.49. The molecule has 0 fully saturated rings. The Bertz CT molecular complexity index is 444. The summed E-state index contributed by atoms with van der Waals surface area (Å²) in [6.45, 7) is 9.82. The standard InChI is InChI=1S/C6H6N4O.2C2H6/c1-4-2-8-10-5(4)6(11)7-3-9-10;2*1-2/h2-3H,1H3,(H,7,9,11);2*1-2H3. The number of nitrogens with one attached hydrogen (secondary N) is 1. The number of rotatable bonds is 0. The summed E-state index contributed by atoms with van der Waals surface area (Å²) in [7, 11) is 0. The van der Waals surface area contributed by atoms with Crippen LogP contribution in [0, 0.1) is 6.92 Å². The lowest BCUT2D eigenvalue weighted by molar-refractivity contribution is 0.773. The van der Waals surface area contributed by atoms with Crippen LogP contribution in [0.15, 0.2) is 17.3 Å². The fourth-order valence-corrected chi connectivity index (χ4v) is 0.986. The molecule has 15 heavy (non-hydrogen) atoms. The maximum absolute atomic E-state index is 11.1. The Morgan fingerprint density at radius 1 is 1.20 bits per heavy atom. The van der Waals surface area contributed by atoms with E-state index >= 15 is 0 Å². The van der Waals surface area contributed by atoms with Crippen LogP contribution in [0.1, 0.15) is 33.3 Å². The minimum atomic E-state index is -0.157. The van der Waals surface area contributed by atoms with Gasteiger partial charge < -0.3 is 4.98 Å². The molecule has 0 unspecified atom stereocenters. The summed E-state index contributed by atoms with van der Waals surface area (Å²) in [6.07, 6.45) is 2.93. The van der Waals surface area contributed by atoms with E-state index < -0.39 is 0 Å². The molecule has 0 saturated heterocycles. The van der Waals surface area contributed by atoms with Gasteiger partial charge in [0.25, 0.3) is 5.56 Å². The zero-order valence-corrected chi connectivity index (χ0v) is 9.90. The van der Waals surface area contributed by atoms with Gasteiger partial charge in [0, 0.05) is 5.56 Å². The third-order valence-electron chi connectivity index (χ3n) is 1.51. The van der Waals surface area contributed by atoms with Crippen LogP contribution in [0.25, 0.3) is 5.52 Å². The van der Waals surface area contributed by atoms with E-state index in [4.69, 9.17) is 0 Å². The van der Waals surface area contributed by atoms with Crippen molar-refractivity contribution in [3.05, 3.63) is 28.4 Å². The lowest BCUT2D eigenvalue weighted by atomic mass is 10.3. The number of fused-ring (bicyclic) bond motifs is 1. The van der Waals surface area contributed by atoms with Gasteiger partial charge >= 0.3 is 0 Å². The molecule has 0 radical (unpaired) electrons. The van der Waals surface area contributed by atoms with Gasteiger partial charge in [-0.05, 0) is 6.92 Å². The zero-order valence-electron chi connectivity index (χ0n) is 9.90. The highest BCUT2D eigenvalue weighted by atomic mass is 16.1. The predicted molar refractivity (Wildman–Crippen MR) is 61.0 cm³/mol. The molecular weight excluding hydrogens is 192 g/mol. The van der Waals surface area contributed by atoms with Crippen LogP contribution in [0.3, 0.4) is 0 Å². The van der Waals surface area contributed by atoms with E-state index in [2.05, 4.69) is 15.2 Å². The number of nitrogens with zero attached hydrogens (tertiary/aromatic N) is 3. The van der Waals surface area contributed by atoms with E-state index in [-0.39, 0.29) is 5.56 Å². The van der Waals surface area contributed by atoms with Crippen LogP contribution in [-0.2, 0) is 0 Å². The number of hydrogen-bond acceptors (Lipinski definition) is 3. The topological polar surface area (TPSA) is 63.1 Å². The van der Waals surface area contributed by atoms with Crippen molar-refractivity contribution in [3.8, 4) is 0 Å². The Morgan fingerprint density at radius 3 is 2.33 bits per heavy atom. The first kappa shape index (κ1) is 13.4. The van der Waals surface area contributed by atoms with Crippen LogP contribution in [0.5, 0.6) is 0 Å². The molecule has 0 spiro atoms. The predicted octanol–water partition coefficient (Wildman–Crippen LogP) is 1.78. The molecule has 5 heteroatoms. The lowest BCUT2D eigenvalue weighted by Gasteiger charge is -1.88. The van der Waals surface area contributed by atoms with Gasteiger partial charge in [-0.2, -0.15) is 5.10 Å². The second-order valence-electron chi connectivity index (χ2n) is 2.28. The number of aryl methyl sites for hydroxylation is 1. The van der Waals surface area contributed by atoms with Crippen molar-refractivity contribution in [2.75, 3.05) is 0 Å². The molecule has 0 aliphatic heterocycles. The molecule has 2 heterocycles. The van der Waals surface area contributed by atoms with Gasteiger partial charge in [0.2, 0.25) is 0 Å². The van der Waals surface area contributed by atoms with Gasteiger partial charge in [-0.1, -0.05) is 27.7 Å². The van der Waals surface area contributed by atoms with E-state index in [1.165, 1.54) is 11.0 Å². The van der Waals surface area contributed by atoms with Crippen molar-refractivity contribution in [3.63, 3.8) is 0 Å². The average Bonchev–Trinajstić information content (AvgIpc) is 2.68. The van der Waals surface area contributed by atoms with Gasteiger partial charge in [0.05, 0.1) is 6.20 Å². The highest BCUT2D eigenvalue weighted by Crippen LogP contribution is 1.98. The summed E-state index contributed by atoms with van der Waals surface area (Å²) in [4.78, 5) is 13.6. The van der Waals surface area contributed by atoms with Crippen LogP contribution >= 0.6 is 0 Å². The highest BCUT2D eigenvalue weighted by Gasteiger charge is 2.02. The first-order chi connectivity index (χ1) is 7.29. The molecule has 0 bridgehead atoms. The molecule has 0 aromatic carbocycles. The van der Waals surface area contributed by atoms with E-state index in [1.807, 2.05) is 34.6 Å². The fourth-order valence-electron chi connectivity index (χ4n) is 0.986. The maximum atomic E-state index is 11.1. The normalized spacial score (nSPS) is 8.60. The molecular formula is C10H18N4O. The van der Waals surface area contributed by atoms with Crippen LogP contribution in [-0.4, -0.2) is 19.8 Å². The average molecular weight is 210 g/mol. The Morgan fingerprint density at radius 2 is 1.80 bits per heavy atom. The van der Waals surface area contributed by atoms with Gasteiger partial charge in [-0.15, -0.1) is 9.73 Å². The molecule has 0 amide bonds. The quantitative estimate of drug-likeness (QED) is 0.721. The second-order valence-corrected chi connectivity index (χ2v) is 2.28. The minimum absolute atomic E-state index is 0.157. The van der Waals surface area contributed by atoms with Crippen molar-refractivity contribution in [2.45, 2.75) is 34.6 Å². The first-order valence-electron chi connectivity index (χ1n) is 5.17. The van der Waals surface area contributed by atoms with E-state index in [1.54, 1.807) is 6.20 Å². The Kier molecular flexibility index (Phi) is 6.01. The first-order valence-corrected chi connectivity index (χ1v) is 5.17. The molecule has 2 aromatic rings. The van der Waals surface area contributed by atoms with Crippen molar-refractivity contribution in [1.82, 2.24) is 19.8 Å². The molecule has 2 aromatic heterocycles. The molecule has 0 atom stereocenters. The molecule has 5 nitrogen and oxygen atoms in total. The SMILES string of the molecule is CC.CC.Cc1cnn2nc[nH]c(=O)c12. The lowest BCUT2D eigenvalue weighted by Crippen LogP contribution is -2.11. The van der Waals surface area contributed by atoms with Crippen LogP contribution < -0.4 is 5.56 Å². The summed E-state index contributed by atoms with van der Waals surface area (Å²) in [5.74, 6) is 0. The smallest absolute Gasteiger partial charge is 0.277 e.